The summed E-state index contributed by atoms with van der Waals surface area (Å²) >= 11 is 0. The minimum Gasteiger partial charge on any atom is -0.465 e. The van der Waals surface area contributed by atoms with Gasteiger partial charge < -0.3 is 10.1 Å². The lowest BCUT2D eigenvalue weighted by Gasteiger charge is -2.16. The number of ether oxygens (including phenoxy) is 1. The summed E-state index contributed by atoms with van der Waals surface area (Å²) in [6, 6.07) is 13.8. The van der Waals surface area contributed by atoms with Gasteiger partial charge in [0.25, 0.3) is 0 Å². The van der Waals surface area contributed by atoms with Gasteiger partial charge in [-0.05, 0) is 49.2 Å². The van der Waals surface area contributed by atoms with Gasteiger partial charge in [-0.3, -0.25) is 0 Å². The molecule has 0 saturated heterocycles. The lowest BCUT2D eigenvalue weighted by Crippen LogP contribution is -2.18. The van der Waals surface area contributed by atoms with Gasteiger partial charge in [-0.25, -0.2) is 9.18 Å². The van der Waals surface area contributed by atoms with E-state index in [0.717, 1.165) is 17.7 Å². The average molecular weight is 287 g/mol. The average Bonchev–Trinajstić information content (AvgIpc) is 2.49. The number of hydrogen-bond donors (Lipinski definition) is 1. The van der Waals surface area contributed by atoms with E-state index >= 15 is 0 Å². The second kappa shape index (κ2) is 6.88. The maximum atomic E-state index is 12.9. The van der Waals surface area contributed by atoms with Crippen LogP contribution in [0.4, 0.5) is 10.1 Å². The summed E-state index contributed by atoms with van der Waals surface area (Å²) in [5.74, 6) is -0.588. The number of benzene rings is 2. The monoisotopic (exact) mass is 287 g/mol. The molecule has 0 aliphatic carbocycles. The molecule has 0 fully saturated rings. The lowest BCUT2D eigenvalue weighted by molar-refractivity contribution is 0.0601. The standard InChI is InChI=1S/C17H18FNO2/c1-12(10-13-6-8-15(18)9-7-13)19-16-5-3-4-14(11-16)17(20)21-2/h3-9,11-12,19H,10H2,1-2H3. The van der Waals surface area contributed by atoms with Crippen LogP contribution in [0.25, 0.3) is 0 Å². The van der Waals surface area contributed by atoms with E-state index in [1.54, 1.807) is 30.3 Å². The molecular formula is C17H18FNO2. The van der Waals surface area contributed by atoms with Crippen LogP contribution in [0, 0.1) is 5.82 Å². The molecule has 1 N–H and O–H groups in total. The van der Waals surface area contributed by atoms with Crippen LogP contribution in [0.1, 0.15) is 22.8 Å². The van der Waals surface area contributed by atoms with Crippen LogP contribution in [-0.2, 0) is 11.2 Å². The zero-order chi connectivity index (χ0) is 15.2. The fourth-order valence-electron chi connectivity index (χ4n) is 2.16. The molecule has 0 heterocycles. The summed E-state index contributed by atoms with van der Waals surface area (Å²) in [6.45, 7) is 2.04. The van der Waals surface area contributed by atoms with Crippen LogP contribution in [0.2, 0.25) is 0 Å². The molecular weight excluding hydrogens is 269 g/mol. The first-order valence-electron chi connectivity index (χ1n) is 6.78. The van der Waals surface area contributed by atoms with Crippen molar-refractivity contribution in [3.05, 3.63) is 65.5 Å². The number of rotatable bonds is 5. The summed E-state index contributed by atoms with van der Waals surface area (Å²) in [5.41, 5.74) is 2.42. The fraction of sp³-hybridized carbons (Fsp3) is 0.235. The van der Waals surface area contributed by atoms with E-state index < -0.39 is 0 Å². The lowest BCUT2D eigenvalue weighted by atomic mass is 10.1. The molecule has 21 heavy (non-hydrogen) atoms. The quantitative estimate of drug-likeness (QED) is 0.853. The topological polar surface area (TPSA) is 38.3 Å². The first-order valence-corrected chi connectivity index (χ1v) is 6.78. The summed E-state index contributed by atoms with van der Waals surface area (Å²) in [7, 11) is 1.36. The van der Waals surface area contributed by atoms with E-state index in [-0.39, 0.29) is 17.8 Å². The van der Waals surface area contributed by atoms with Crippen LogP contribution in [0.5, 0.6) is 0 Å². The number of esters is 1. The van der Waals surface area contributed by atoms with E-state index in [1.807, 2.05) is 13.0 Å². The summed E-state index contributed by atoms with van der Waals surface area (Å²) in [5, 5.41) is 3.32. The second-order valence-corrected chi connectivity index (χ2v) is 4.95. The van der Waals surface area contributed by atoms with Crippen molar-refractivity contribution in [2.24, 2.45) is 0 Å². The van der Waals surface area contributed by atoms with E-state index in [0.29, 0.717) is 5.56 Å². The Morgan fingerprint density at radius 2 is 1.95 bits per heavy atom. The normalized spacial score (nSPS) is 11.8. The second-order valence-electron chi connectivity index (χ2n) is 4.95. The predicted molar refractivity (Wildman–Crippen MR) is 81.0 cm³/mol. The first kappa shape index (κ1) is 15.0. The van der Waals surface area contributed by atoms with E-state index in [2.05, 4.69) is 5.32 Å². The highest BCUT2D eigenvalue weighted by molar-refractivity contribution is 5.90. The molecule has 3 nitrogen and oxygen atoms in total. The van der Waals surface area contributed by atoms with Crippen LogP contribution < -0.4 is 5.32 Å². The molecule has 0 aromatic heterocycles. The third-order valence-electron chi connectivity index (χ3n) is 3.15. The third-order valence-corrected chi connectivity index (χ3v) is 3.15. The number of carbonyl (C=O) groups is 1. The first-order chi connectivity index (χ1) is 10.1. The van der Waals surface area contributed by atoms with Gasteiger partial charge in [0.05, 0.1) is 12.7 Å². The number of nitrogens with one attached hydrogen (secondary N) is 1. The SMILES string of the molecule is COC(=O)c1cccc(NC(C)Cc2ccc(F)cc2)c1. The van der Waals surface area contributed by atoms with Crippen molar-refractivity contribution in [2.75, 3.05) is 12.4 Å². The van der Waals surface area contributed by atoms with Gasteiger partial charge in [0.1, 0.15) is 5.82 Å². The molecule has 1 atom stereocenters. The Morgan fingerprint density at radius 1 is 1.24 bits per heavy atom. The Morgan fingerprint density at radius 3 is 2.62 bits per heavy atom. The Hall–Kier alpha value is -2.36. The molecule has 1 unspecified atom stereocenters. The van der Waals surface area contributed by atoms with Crippen LogP contribution in [-0.4, -0.2) is 19.1 Å². The zero-order valence-electron chi connectivity index (χ0n) is 12.1. The third kappa shape index (κ3) is 4.31. The molecule has 0 saturated carbocycles. The molecule has 2 aromatic carbocycles. The Bertz CT molecular complexity index is 610. The summed E-state index contributed by atoms with van der Waals surface area (Å²) < 4.78 is 17.6. The predicted octanol–water partition coefficient (Wildman–Crippen LogP) is 3.66. The molecule has 0 aliphatic rings. The zero-order valence-corrected chi connectivity index (χ0v) is 12.1. The van der Waals surface area contributed by atoms with Gasteiger partial charge in [0.2, 0.25) is 0 Å². The van der Waals surface area contributed by atoms with Crippen LogP contribution in [0.15, 0.2) is 48.5 Å². The van der Waals surface area contributed by atoms with Crippen molar-refractivity contribution in [2.45, 2.75) is 19.4 Å². The van der Waals surface area contributed by atoms with Crippen molar-refractivity contribution in [1.82, 2.24) is 0 Å². The summed E-state index contributed by atoms with van der Waals surface area (Å²) in [4.78, 5) is 11.5. The van der Waals surface area contributed by atoms with Gasteiger partial charge in [-0.1, -0.05) is 18.2 Å². The molecule has 0 spiro atoms. The molecule has 110 valence electrons. The highest BCUT2D eigenvalue weighted by Gasteiger charge is 2.08. The van der Waals surface area contributed by atoms with Gasteiger partial charge >= 0.3 is 5.97 Å². The Kier molecular flexibility index (Phi) is 4.93. The molecule has 2 aromatic rings. The van der Waals surface area contributed by atoms with Crippen molar-refractivity contribution in [3.8, 4) is 0 Å². The Balaban J connectivity index is 2.00. The number of methoxy groups -OCH3 is 1. The van der Waals surface area contributed by atoms with Crippen molar-refractivity contribution in [3.63, 3.8) is 0 Å². The van der Waals surface area contributed by atoms with Gasteiger partial charge in [0.15, 0.2) is 0 Å². The minimum atomic E-state index is -0.357. The number of carbonyl (C=O) groups excluding carboxylic acids is 1. The Labute approximate surface area is 123 Å². The van der Waals surface area contributed by atoms with Crippen molar-refractivity contribution >= 4 is 11.7 Å². The molecule has 0 amide bonds. The van der Waals surface area contributed by atoms with E-state index in [1.165, 1.54) is 19.2 Å². The molecule has 0 aliphatic heterocycles. The van der Waals surface area contributed by atoms with Crippen LogP contribution in [0.3, 0.4) is 0 Å². The summed E-state index contributed by atoms with van der Waals surface area (Å²) in [6.07, 6.45) is 0.767. The van der Waals surface area contributed by atoms with E-state index in [9.17, 15) is 9.18 Å². The maximum absolute atomic E-state index is 12.9. The number of halogens is 1. The number of hydrogen-bond acceptors (Lipinski definition) is 3. The minimum absolute atomic E-state index is 0.156. The van der Waals surface area contributed by atoms with Crippen molar-refractivity contribution < 1.29 is 13.9 Å². The molecule has 2 rings (SSSR count). The molecule has 0 radical (unpaired) electrons. The molecule has 4 heteroatoms. The smallest absolute Gasteiger partial charge is 0.337 e. The van der Waals surface area contributed by atoms with Gasteiger partial charge in [0, 0.05) is 11.7 Å². The number of anilines is 1. The largest absolute Gasteiger partial charge is 0.465 e. The van der Waals surface area contributed by atoms with Gasteiger partial charge in [-0.15, -0.1) is 0 Å². The van der Waals surface area contributed by atoms with Crippen molar-refractivity contribution in [1.29, 1.82) is 0 Å². The fourth-order valence-corrected chi connectivity index (χ4v) is 2.16. The van der Waals surface area contributed by atoms with Gasteiger partial charge in [-0.2, -0.15) is 0 Å². The van der Waals surface area contributed by atoms with E-state index in [4.69, 9.17) is 4.74 Å². The maximum Gasteiger partial charge on any atom is 0.337 e. The highest BCUT2D eigenvalue weighted by atomic mass is 19.1. The van der Waals surface area contributed by atoms with Crippen LogP contribution >= 0.6 is 0 Å². The highest BCUT2D eigenvalue weighted by Crippen LogP contribution is 2.14. The molecule has 0 bridgehead atoms.